The Hall–Kier alpha value is -2.83. The van der Waals surface area contributed by atoms with Gasteiger partial charge in [-0.3, -0.25) is 20.4 Å². The van der Waals surface area contributed by atoms with Crippen LogP contribution in [0.2, 0.25) is 5.02 Å². The number of benzene rings is 2. The Kier molecular flexibility index (Phi) is 5.55. The normalized spacial score (nSPS) is 10.8. The van der Waals surface area contributed by atoms with Crippen LogP contribution in [0.1, 0.15) is 15.2 Å². The molecule has 3 rings (SSSR count). The number of carbonyl (C=O) groups is 2. The zero-order valence-corrected chi connectivity index (χ0v) is 15.4. The second kappa shape index (κ2) is 8.03. The summed E-state index contributed by atoms with van der Waals surface area (Å²) in [4.78, 5) is 24.5. The van der Waals surface area contributed by atoms with Crippen LogP contribution in [0.4, 0.5) is 0 Å². The first-order valence-corrected chi connectivity index (χ1v) is 8.87. The summed E-state index contributed by atoms with van der Waals surface area (Å²) in [7, 11) is 1.59. The third kappa shape index (κ3) is 4.04. The lowest BCUT2D eigenvalue weighted by Gasteiger charge is -2.04. The van der Waals surface area contributed by atoms with E-state index in [4.69, 9.17) is 16.3 Å². The monoisotopic (exact) mass is 386 g/mol. The first kappa shape index (κ1) is 18.0. The van der Waals surface area contributed by atoms with Crippen molar-refractivity contribution in [3.05, 3.63) is 70.1 Å². The molecular weight excluding hydrogens is 372 g/mol. The molecule has 0 bridgehead atoms. The highest BCUT2D eigenvalue weighted by Gasteiger charge is 2.16. The topological polar surface area (TPSA) is 67.4 Å². The molecule has 132 valence electrons. The number of rotatable bonds is 4. The van der Waals surface area contributed by atoms with E-state index < -0.39 is 11.8 Å². The minimum atomic E-state index is -0.456. The molecular formula is C19H15ClN2O3S. The Morgan fingerprint density at radius 2 is 1.81 bits per heavy atom. The number of hydrogen-bond donors (Lipinski definition) is 2. The van der Waals surface area contributed by atoms with Crippen LogP contribution in [-0.4, -0.2) is 18.9 Å². The van der Waals surface area contributed by atoms with Crippen molar-refractivity contribution < 1.29 is 14.3 Å². The van der Waals surface area contributed by atoms with Crippen LogP contribution in [0.25, 0.3) is 16.2 Å². The number of hydrogen-bond acceptors (Lipinski definition) is 4. The van der Waals surface area contributed by atoms with Gasteiger partial charge in [0.05, 0.1) is 12.1 Å². The second-order valence-electron chi connectivity index (χ2n) is 5.29. The highest BCUT2D eigenvalue weighted by Crippen LogP contribution is 2.34. The van der Waals surface area contributed by atoms with Crippen molar-refractivity contribution in [2.24, 2.45) is 0 Å². The maximum Gasteiger partial charge on any atom is 0.281 e. The number of nitrogens with one attached hydrogen (secondary N) is 2. The zero-order valence-electron chi connectivity index (χ0n) is 13.8. The Bertz CT molecular complexity index is 980. The fraction of sp³-hybridized carbons (Fsp3) is 0.0526. The summed E-state index contributed by atoms with van der Waals surface area (Å²) < 4.78 is 5.98. The number of fused-ring (bicyclic) bond motifs is 1. The third-order valence-corrected chi connectivity index (χ3v) is 5.26. The van der Waals surface area contributed by atoms with Crippen LogP contribution in [0.3, 0.4) is 0 Å². The summed E-state index contributed by atoms with van der Waals surface area (Å²) >= 11 is 7.52. The van der Waals surface area contributed by atoms with Gasteiger partial charge in [0, 0.05) is 16.2 Å². The number of carbonyl (C=O) groups excluding carboxylic acids is 2. The molecule has 26 heavy (non-hydrogen) atoms. The summed E-state index contributed by atoms with van der Waals surface area (Å²) in [6.07, 6.45) is 2.96. The first-order valence-electron chi connectivity index (χ1n) is 7.68. The van der Waals surface area contributed by atoms with Crippen molar-refractivity contribution in [3.63, 3.8) is 0 Å². The van der Waals surface area contributed by atoms with Crippen molar-refractivity contribution >= 4 is 50.9 Å². The lowest BCUT2D eigenvalue weighted by atomic mass is 10.2. The predicted molar refractivity (Wildman–Crippen MR) is 104 cm³/mol. The van der Waals surface area contributed by atoms with E-state index in [1.807, 2.05) is 36.4 Å². The Morgan fingerprint density at radius 3 is 2.50 bits per heavy atom. The molecule has 0 saturated carbocycles. The summed E-state index contributed by atoms with van der Waals surface area (Å²) in [5, 5.41) is 1.20. The van der Waals surface area contributed by atoms with Gasteiger partial charge in [-0.2, -0.15) is 0 Å². The highest BCUT2D eigenvalue weighted by molar-refractivity contribution is 7.21. The van der Waals surface area contributed by atoms with Crippen LogP contribution >= 0.6 is 22.9 Å². The summed E-state index contributed by atoms with van der Waals surface area (Å²) in [6, 6.07) is 14.7. The van der Waals surface area contributed by atoms with E-state index in [1.165, 1.54) is 17.4 Å². The van der Waals surface area contributed by atoms with Crippen molar-refractivity contribution in [2.45, 2.75) is 0 Å². The van der Waals surface area contributed by atoms with Crippen molar-refractivity contribution in [3.8, 4) is 5.75 Å². The fourth-order valence-corrected chi connectivity index (χ4v) is 3.68. The van der Waals surface area contributed by atoms with Gasteiger partial charge in [-0.25, -0.2) is 0 Å². The van der Waals surface area contributed by atoms with E-state index in [0.29, 0.717) is 9.90 Å². The van der Waals surface area contributed by atoms with E-state index in [9.17, 15) is 9.59 Å². The molecule has 5 nitrogen and oxygen atoms in total. The first-order chi connectivity index (χ1) is 12.6. The SMILES string of the molecule is COc1ccc(C=CC(=O)NNC(=O)c2sc3ccccc3c2Cl)cc1. The van der Waals surface area contributed by atoms with E-state index in [0.717, 1.165) is 21.4 Å². The molecule has 0 saturated heterocycles. The van der Waals surface area contributed by atoms with E-state index >= 15 is 0 Å². The summed E-state index contributed by atoms with van der Waals surface area (Å²) in [6.45, 7) is 0. The molecule has 0 aliphatic carbocycles. The standard InChI is InChI=1S/C19H15ClN2O3S/c1-25-13-9-6-12(7-10-13)8-11-16(23)21-22-19(24)18-17(20)14-4-2-3-5-15(14)26-18/h2-11H,1H3,(H,21,23)(H,22,24). The summed E-state index contributed by atoms with van der Waals surface area (Å²) in [5.41, 5.74) is 5.55. The minimum absolute atomic E-state index is 0.354. The van der Waals surface area contributed by atoms with Crippen LogP contribution in [0, 0.1) is 0 Å². The molecule has 7 heteroatoms. The van der Waals surface area contributed by atoms with Gasteiger partial charge in [0.25, 0.3) is 11.8 Å². The average Bonchev–Trinajstić information content (AvgIpc) is 3.02. The molecule has 2 aromatic carbocycles. The van der Waals surface area contributed by atoms with Crippen molar-refractivity contribution in [2.75, 3.05) is 7.11 Å². The molecule has 0 radical (unpaired) electrons. The molecule has 0 unspecified atom stereocenters. The van der Waals surface area contributed by atoms with Crippen LogP contribution < -0.4 is 15.6 Å². The highest BCUT2D eigenvalue weighted by atomic mass is 35.5. The molecule has 0 atom stereocenters. The number of ether oxygens (including phenoxy) is 1. The largest absolute Gasteiger partial charge is 0.497 e. The molecule has 0 spiro atoms. The van der Waals surface area contributed by atoms with Crippen molar-refractivity contribution in [1.82, 2.24) is 10.9 Å². The fourth-order valence-electron chi connectivity index (χ4n) is 2.26. The predicted octanol–water partition coefficient (Wildman–Crippen LogP) is 4.04. The van der Waals surface area contributed by atoms with Crippen LogP contribution in [-0.2, 0) is 4.79 Å². The maximum absolute atomic E-state index is 12.2. The molecule has 1 aromatic heterocycles. The smallest absolute Gasteiger partial charge is 0.281 e. The number of amides is 2. The Labute approximate surface area is 159 Å². The number of hydrazine groups is 1. The van der Waals surface area contributed by atoms with Gasteiger partial charge >= 0.3 is 0 Å². The van der Waals surface area contributed by atoms with Crippen LogP contribution in [0.15, 0.2) is 54.6 Å². The van der Waals surface area contributed by atoms with Gasteiger partial charge in [-0.15, -0.1) is 11.3 Å². The van der Waals surface area contributed by atoms with E-state index in [2.05, 4.69) is 10.9 Å². The average molecular weight is 387 g/mol. The third-order valence-electron chi connectivity index (χ3n) is 3.58. The van der Waals surface area contributed by atoms with Crippen molar-refractivity contribution in [1.29, 1.82) is 0 Å². The second-order valence-corrected chi connectivity index (χ2v) is 6.72. The van der Waals surface area contributed by atoms with E-state index in [1.54, 1.807) is 25.3 Å². The zero-order chi connectivity index (χ0) is 18.5. The maximum atomic E-state index is 12.2. The molecule has 3 aromatic rings. The van der Waals surface area contributed by atoms with Crippen LogP contribution in [0.5, 0.6) is 5.75 Å². The molecule has 1 heterocycles. The van der Waals surface area contributed by atoms with Gasteiger partial charge in [0.1, 0.15) is 10.6 Å². The minimum Gasteiger partial charge on any atom is -0.497 e. The molecule has 0 aliphatic heterocycles. The van der Waals surface area contributed by atoms with Gasteiger partial charge in [0.2, 0.25) is 0 Å². The molecule has 0 aliphatic rings. The van der Waals surface area contributed by atoms with Gasteiger partial charge in [-0.1, -0.05) is 41.9 Å². The number of halogens is 1. The van der Waals surface area contributed by atoms with Gasteiger partial charge in [0.15, 0.2) is 0 Å². The van der Waals surface area contributed by atoms with Gasteiger partial charge < -0.3 is 4.74 Å². The quantitative estimate of drug-likeness (QED) is 0.525. The number of methoxy groups -OCH3 is 1. The summed E-state index contributed by atoms with van der Waals surface area (Å²) in [5.74, 6) is -0.173. The van der Waals surface area contributed by atoms with Gasteiger partial charge in [-0.05, 0) is 29.8 Å². The lowest BCUT2D eigenvalue weighted by Crippen LogP contribution is -2.40. The number of thiophene rings is 1. The molecule has 0 fully saturated rings. The Balaban J connectivity index is 1.60. The lowest BCUT2D eigenvalue weighted by molar-refractivity contribution is -0.117. The molecule has 2 amide bonds. The molecule has 2 N–H and O–H groups in total. The van der Waals surface area contributed by atoms with E-state index in [-0.39, 0.29) is 0 Å². The Morgan fingerprint density at radius 1 is 1.08 bits per heavy atom.